The number of carboxylic acid groups (broad SMARTS) is 1. The Kier molecular flexibility index (Phi) is 6.03. The third kappa shape index (κ3) is 4.90. The van der Waals surface area contributed by atoms with Crippen LogP contribution < -0.4 is 4.72 Å². The van der Waals surface area contributed by atoms with Gasteiger partial charge in [-0.05, 0) is 6.07 Å². The predicted molar refractivity (Wildman–Crippen MR) is 72.6 cm³/mol. The Balaban J connectivity index is 2.90. The predicted octanol–water partition coefficient (Wildman–Crippen LogP) is 1.82. The first-order chi connectivity index (χ1) is 8.76. The summed E-state index contributed by atoms with van der Waals surface area (Å²) in [5.41, 5.74) is 0. The molecule has 0 aliphatic rings. The summed E-state index contributed by atoms with van der Waals surface area (Å²) in [5.74, 6) is -1.13. The molecule has 1 heterocycles. The standard InChI is InChI=1S/C9H11Cl2NO5S2/c1-17-4-5(2-7(13)14)12-19(15,16)8-3-6(10)9(11)18-8/h3,5,12H,2,4H2,1H3,(H,13,14)/t5-/m1/s1. The molecule has 1 rings (SSSR count). The lowest BCUT2D eigenvalue weighted by molar-refractivity contribution is -0.137. The van der Waals surface area contributed by atoms with Crippen LogP contribution in [-0.2, 0) is 19.6 Å². The number of ether oxygens (including phenoxy) is 1. The summed E-state index contributed by atoms with van der Waals surface area (Å²) in [6.07, 6.45) is -0.389. The van der Waals surface area contributed by atoms with Gasteiger partial charge in [0, 0.05) is 7.11 Å². The van der Waals surface area contributed by atoms with Gasteiger partial charge in [-0.15, -0.1) is 11.3 Å². The van der Waals surface area contributed by atoms with Gasteiger partial charge in [0.1, 0.15) is 8.55 Å². The topological polar surface area (TPSA) is 92.7 Å². The Labute approximate surface area is 124 Å². The van der Waals surface area contributed by atoms with Crippen molar-refractivity contribution in [1.29, 1.82) is 0 Å². The van der Waals surface area contributed by atoms with Crippen LogP contribution in [0, 0.1) is 0 Å². The average Bonchev–Trinajstić information content (AvgIpc) is 2.58. The maximum atomic E-state index is 12.0. The molecule has 0 saturated heterocycles. The number of aliphatic carboxylic acids is 1. The molecule has 0 radical (unpaired) electrons. The van der Waals surface area contributed by atoms with Crippen LogP contribution in [0.5, 0.6) is 0 Å². The minimum Gasteiger partial charge on any atom is -0.481 e. The van der Waals surface area contributed by atoms with Crippen LogP contribution in [0.2, 0.25) is 9.36 Å². The summed E-state index contributed by atoms with van der Waals surface area (Å²) in [6, 6.07) is 0.341. The van der Waals surface area contributed by atoms with Gasteiger partial charge in [0.05, 0.1) is 24.1 Å². The molecule has 0 amide bonds. The Morgan fingerprint density at radius 2 is 2.21 bits per heavy atom. The van der Waals surface area contributed by atoms with Crippen LogP contribution in [0.15, 0.2) is 10.3 Å². The van der Waals surface area contributed by atoms with Gasteiger partial charge in [-0.1, -0.05) is 23.2 Å². The second kappa shape index (κ2) is 6.87. The number of thiophene rings is 1. The molecule has 10 heteroatoms. The fourth-order valence-electron chi connectivity index (χ4n) is 1.28. The van der Waals surface area contributed by atoms with Crippen molar-refractivity contribution in [2.45, 2.75) is 16.7 Å². The maximum absolute atomic E-state index is 12.0. The number of hydrogen-bond donors (Lipinski definition) is 2. The molecule has 0 aliphatic heterocycles. The van der Waals surface area contributed by atoms with Crippen LogP contribution in [-0.4, -0.2) is 39.3 Å². The lowest BCUT2D eigenvalue weighted by Crippen LogP contribution is -2.39. The first-order valence-electron chi connectivity index (χ1n) is 4.94. The molecule has 0 unspecified atom stereocenters. The monoisotopic (exact) mass is 347 g/mol. The smallest absolute Gasteiger partial charge is 0.305 e. The zero-order chi connectivity index (χ0) is 14.6. The molecule has 2 N–H and O–H groups in total. The number of carbonyl (C=O) groups is 1. The summed E-state index contributed by atoms with van der Waals surface area (Å²) in [5, 5.41) is 8.83. The summed E-state index contributed by atoms with van der Waals surface area (Å²) in [6.45, 7) is -0.0572. The quantitative estimate of drug-likeness (QED) is 0.784. The Morgan fingerprint density at radius 3 is 2.63 bits per heavy atom. The zero-order valence-corrected chi connectivity index (χ0v) is 12.9. The van der Waals surface area contributed by atoms with Gasteiger partial charge in [0.25, 0.3) is 0 Å². The van der Waals surface area contributed by atoms with Crippen molar-refractivity contribution in [3.63, 3.8) is 0 Å². The number of carboxylic acids is 1. The second-order valence-electron chi connectivity index (χ2n) is 3.56. The van der Waals surface area contributed by atoms with E-state index in [1.807, 2.05) is 0 Å². The lowest BCUT2D eigenvalue weighted by atomic mass is 10.2. The number of sulfonamides is 1. The molecule has 1 atom stereocenters. The molecule has 0 spiro atoms. The van der Waals surface area contributed by atoms with Gasteiger partial charge in [-0.25, -0.2) is 13.1 Å². The number of halogens is 2. The molecule has 0 aromatic carbocycles. The summed E-state index contributed by atoms with van der Waals surface area (Å²) in [4.78, 5) is 10.6. The molecule has 108 valence electrons. The highest BCUT2D eigenvalue weighted by Crippen LogP contribution is 2.34. The van der Waals surface area contributed by atoms with Gasteiger partial charge in [0.2, 0.25) is 10.0 Å². The summed E-state index contributed by atoms with van der Waals surface area (Å²) >= 11 is 12.2. The minimum atomic E-state index is -3.87. The SMILES string of the molecule is COC[C@@H](CC(=O)O)NS(=O)(=O)c1cc(Cl)c(Cl)s1. The van der Waals surface area contributed by atoms with Gasteiger partial charge in [-0.3, -0.25) is 4.79 Å². The van der Waals surface area contributed by atoms with Crippen molar-refractivity contribution in [3.8, 4) is 0 Å². The van der Waals surface area contributed by atoms with Crippen LogP contribution >= 0.6 is 34.5 Å². The number of nitrogens with one attached hydrogen (secondary N) is 1. The van der Waals surface area contributed by atoms with Gasteiger partial charge in [-0.2, -0.15) is 0 Å². The van der Waals surface area contributed by atoms with E-state index in [1.165, 1.54) is 13.2 Å². The van der Waals surface area contributed by atoms with Crippen LogP contribution in [0.25, 0.3) is 0 Å². The normalized spacial score (nSPS) is 13.4. The Bertz CT molecular complexity index is 537. The number of rotatable bonds is 7. The number of hydrogen-bond acceptors (Lipinski definition) is 5. The molecule has 19 heavy (non-hydrogen) atoms. The largest absolute Gasteiger partial charge is 0.481 e. The van der Waals surface area contributed by atoms with Gasteiger partial charge in [0.15, 0.2) is 0 Å². The molecular formula is C9H11Cl2NO5S2. The zero-order valence-electron chi connectivity index (χ0n) is 9.72. The third-order valence-electron chi connectivity index (χ3n) is 2.00. The fraction of sp³-hybridized carbons (Fsp3) is 0.444. The van der Waals surface area contributed by atoms with Gasteiger partial charge < -0.3 is 9.84 Å². The first-order valence-corrected chi connectivity index (χ1v) is 7.99. The molecule has 0 aliphatic carbocycles. The van der Waals surface area contributed by atoms with Crippen molar-refractivity contribution < 1.29 is 23.1 Å². The minimum absolute atomic E-state index is 0.0572. The van der Waals surface area contributed by atoms with Crippen molar-refractivity contribution in [1.82, 2.24) is 4.72 Å². The maximum Gasteiger partial charge on any atom is 0.305 e. The molecule has 0 saturated carbocycles. The van der Waals surface area contributed by atoms with E-state index in [0.717, 1.165) is 11.3 Å². The molecule has 0 fully saturated rings. The van der Waals surface area contributed by atoms with Crippen molar-refractivity contribution in [3.05, 3.63) is 15.4 Å². The van der Waals surface area contributed by atoms with E-state index in [0.29, 0.717) is 0 Å². The molecule has 6 nitrogen and oxygen atoms in total. The van der Waals surface area contributed by atoms with Crippen molar-refractivity contribution >= 4 is 50.5 Å². The van der Waals surface area contributed by atoms with Crippen molar-refractivity contribution in [2.24, 2.45) is 0 Å². The first kappa shape index (κ1) is 16.7. The highest BCUT2D eigenvalue weighted by atomic mass is 35.5. The molecule has 0 bridgehead atoms. The lowest BCUT2D eigenvalue weighted by Gasteiger charge is -2.15. The van der Waals surface area contributed by atoms with E-state index >= 15 is 0 Å². The van der Waals surface area contributed by atoms with E-state index in [2.05, 4.69) is 4.72 Å². The van der Waals surface area contributed by atoms with Crippen LogP contribution in [0.1, 0.15) is 6.42 Å². The summed E-state index contributed by atoms with van der Waals surface area (Å²) in [7, 11) is -2.52. The number of methoxy groups -OCH3 is 1. The summed E-state index contributed by atoms with van der Waals surface area (Å²) < 4.78 is 31.1. The van der Waals surface area contributed by atoms with Gasteiger partial charge >= 0.3 is 5.97 Å². The van der Waals surface area contributed by atoms with Crippen LogP contribution in [0.3, 0.4) is 0 Å². The highest BCUT2D eigenvalue weighted by molar-refractivity contribution is 7.91. The third-order valence-corrected chi connectivity index (χ3v) is 5.86. The molecule has 1 aromatic rings. The fourth-order valence-corrected chi connectivity index (χ4v) is 4.40. The van der Waals surface area contributed by atoms with Crippen molar-refractivity contribution in [2.75, 3.05) is 13.7 Å². The van der Waals surface area contributed by atoms with E-state index in [4.69, 9.17) is 33.0 Å². The van der Waals surface area contributed by atoms with E-state index in [1.54, 1.807) is 0 Å². The van der Waals surface area contributed by atoms with E-state index in [9.17, 15) is 13.2 Å². The van der Waals surface area contributed by atoms with E-state index < -0.39 is 22.0 Å². The van der Waals surface area contributed by atoms with Crippen LogP contribution in [0.4, 0.5) is 0 Å². The second-order valence-corrected chi connectivity index (χ2v) is 7.56. The van der Waals surface area contributed by atoms with E-state index in [-0.39, 0.29) is 26.6 Å². The molecular weight excluding hydrogens is 337 g/mol. The Morgan fingerprint density at radius 1 is 1.58 bits per heavy atom. The highest BCUT2D eigenvalue weighted by Gasteiger charge is 2.24. The Hall–Kier alpha value is -0.380. The molecule has 1 aromatic heterocycles. The average molecular weight is 348 g/mol.